The third kappa shape index (κ3) is 6.54. The van der Waals surface area contributed by atoms with E-state index in [2.05, 4.69) is 30.9 Å². The Labute approximate surface area is 184 Å². The van der Waals surface area contributed by atoms with Gasteiger partial charge in [0.05, 0.1) is 6.42 Å². The number of aromatic nitrogens is 2. The number of rotatable bonds is 8. The number of hydrogen-bond acceptors (Lipinski definition) is 6. The first-order valence-electron chi connectivity index (χ1n) is 9.95. The van der Waals surface area contributed by atoms with Gasteiger partial charge in [0.25, 0.3) is 0 Å². The normalized spacial score (nSPS) is 16.5. The lowest BCUT2D eigenvalue weighted by molar-refractivity contribution is -0.120. The molecular weight excluding hydrogens is 420 g/mol. The Balaban J connectivity index is 1.37. The van der Waals surface area contributed by atoms with Gasteiger partial charge < -0.3 is 27.4 Å². The Kier molecular flexibility index (Phi) is 7.60. The van der Waals surface area contributed by atoms with Gasteiger partial charge in [0, 0.05) is 19.1 Å². The number of halogens is 1. The highest BCUT2D eigenvalue weighted by atomic mass is 35.5. The van der Waals surface area contributed by atoms with E-state index in [1.807, 2.05) is 30.3 Å². The van der Waals surface area contributed by atoms with Gasteiger partial charge in [-0.05, 0) is 24.8 Å². The van der Waals surface area contributed by atoms with Crippen LogP contribution in [0, 0.1) is 0 Å². The van der Waals surface area contributed by atoms with Crippen LogP contribution in [-0.2, 0) is 11.2 Å². The van der Waals surface area contributed by atoms with E-state index in [0.717, 1.165) is 24.8 Å². The van der Waals surface area contributed by atoms with E-state index >= 15 is 0 Å². The van der Waals surface area contributed by atoms with Crippen LogP contribution >= 0.6 is 11.6 Å². The molecule has 0 bridgehead atoms. The van der Waals surface area contributed by atoms with Gasteiger partial charge >= 0.3 is 5.91 Å². The van der Waals surface area contributed by atoms with Gasteiger partial charge in [-0.1, -0.05) is 41.9 Å². The van der Waals surface area contributed by atoms with Crippen molar-refractivity contribution in [2.24, 2.45) is 4.99 Å². The van der Waals surface area contributed by atoms with Crippen LogP contribution in [0.1, 0.15) is 35.3 Å². The van der Waals surface area contributed by atoms with E-state index in [1.54, 1.807) is 0 Å². The van der Waals surface area contributed by atoms with Crippen molar-refractivity contribution in [2.45, 2.75) is 31.7 Å². The number of nitrogen functional groups attached to an aromatic ring is 2. The third-order valence-electron chi connectivity index (χ3n) is 4.69. The largest absolute Gasteiger partial charge is 0.382 e. The van der Waals surface area contributed by atoms with Gasteiger partial charge in [-0.25, -0.2) is 9.97 Å². The molecule has 1 atom stereocenters. The number of amides is 2. The number of carbonyl (C=O) groups excluding carboxylic acids is 2. The molecule has 31 heavy (non-hydrogen) atoms. The second-order valence-corrected chi connectivity index (χ2v) is 7.49. The predicted octanol–water partition coefficient (Wildman–Crippen LogP) is 0.881. The van der Waals surface area contributed by atoms with Gasteiger partial charge in [0.1, 0.15) is 0 Å². The van der Waals surface area contributed by atoms with Crippen LogP contribution in [-0.4, -0.2) is 46.9 Å². The number of carbonyl (C=O) groups is 2. The average molecular weight is 445 g/mol. The van der Waals surface area contributed by atoms with Gasteiger partial charge in [0.2, 0.25) is 5.91 Å². The smallest absolute Gasteiger partial charge is 0.302 e. The Morgan fingerprint density at radius 3 is 2.71 bits per heavy atom. The summed E-state index contributed by atoms with van der Waals surface area (Å²) in [6, 6.07) is 9.77. The summed E-state index contributed by atoms with van der Waals surface area (Å²) in [6.45, 7) is 1.26. The minimum absolute atomic E-state index is 0.0185. The van der Waals surface area contributed by atoms with E-state index in [-0.39, 0.29) is 34.4 Å². The van der Waals surface area contributed by atoms with Crippen LogP contribution in [0.3, 0.4) is 0 Å². The number of benzene rings is 1. The molecule has 2 amide bonds. The molecule has 1 aromatic carbocycles. The van der Waals surface area contributed by atoms with Crippen molar-refractivity contribution in [1.82, 2.24) is 25.9 Å². The molecule has 1 aliphatic rings. The summed E-state index contributed by atoms with van der Waals surface area (Å²) in [6.07, 6.45) is 3.03. The highest BCUT2D eigenvalue weighted by molar-refractivity contribution is 6.31. The molecule has 2 heterocycles. The first kappa shape index (κ1) is 22.3. The Bertz CT molecular complexity index is 967. The third-order valence-corrected chi connectivity index (χ3v) is 4.96. The number of nitrogens with two attached hydrogens (primary N) is 2. The van der Waals surface area contributed by atoms with Crippen LogP contribution in [0.5, 0.6) is 0 Å². The molecule has 10 nitrogen and oxygen atoms in total. The van der Waals surface area contributed by atoms with Crippen molar-refractivity contribution >= 4 is 41.0 Å². The fourth-order valence-electron chi connectivity index (χ4n) is 3.10. The maximum atomic E-state index is 12.3. The van der Waals surface area contributed by atoms with E-state index < -0.39 is 5.91 Å². The molecule has 0 aliphatic carbocycles. The van der Waals surface area contributed by atoms with Crippen LogP contribution < -0.4 is 27.4 Å². The Morgan fingerprint density at radius 2 is 1.94 bits per heavy atom. The van der Waals surface area contributed by atoms with E-state index in [1.165, 1.54) is 0 Å². The first-order valence-corrected chi connectivity index (χ1v) is 10.3. The van der Waals surface area contributed by atoms with Crippen LogP contribution in [0.2, 0.25) is 5.15 Å². The van der Waals surface area contributed by atoms with Crippen molar-refractivity contribution in [3.8, 4) is 0 Å². The summed E-state index contributed by atoms with van der Waals surface area (Å²) in [4.78, 5) is 35.8. The summed E-state index contributed by atoms with van der Waals surface area (Å²) in [5.41, 5.74) is 12.0. The lowest BCUT2D eigenvalue weighted by atomic mass is 10.1. The summed E-state index contributed by atoms with van der Waals surface area (Å²) >= 11 is 5.80. The number of guanidine groups is 1. The SMILES string of the molecule is Nc1nc(N)c(C(=O)/N=C2\NC[C@H](CCCCNC(=O)Cc3ccccc3)N2)nc1Cl. The highest BCUT2D eigenvalue weighted by Crippen LogP contribution is 2.18. The number of nitrogens with zero attached hydrogens (tertiary/aromatic N) is 3. The molecule has 164 valence electrons. The molecule has 1 aromatic heterocycles. The Morgan fingerprint density at radius 1 is 1.16 bits per heavy atom. The molecule has 2 aromatic rings. The predicted molar refractivity (Wildman–Crippen MR) is 120 cm³/mol. The van der Waals surface area contributed by atoms with Crippen molar-refractivity contribution < 1.29 is 9.59 Å². The lowest BCUT2D eigenvalue weighted by Gasteiger charge is -2.09. The van der Waals surface area contributed by atoms with Gasteiger partial charge in [-0.2, -0.15) is 4.99 Å². The average Bonchev–Trinajstić information content (AvgIpc) is 3.18. The van der Waals surface area contributed by atoms with Gasteiger partial charge in [-0.3, -0.25) is 9.59 Å². The van der Waals surface area contributed by atoms with Crippen molar-refractivity contribution in [1.29, 1.82) is 0 Å². The molecule has 7 N–H and O–H groups in total. The second kappa shape index (κ2) is 10.6. The monoisotopic (exact) mass is 444 g/mol. The zero-order valence-corrected chi connectivity index (χ0v) is 17.7. The maximum absolute atomic E-state index is 12.3. The molecule has 1 aliphatic heterocycles. The van der Waals surface area contributed by atoms with E-state index in [9.17, 15) is 9.59 Å². The molecule has 0 unspecified atom stereocenters. The quantitative estimate of drug-likeness (QED) is 0.375. The Hall–Kier alpha value is -3.40. The molecule has 0 spiro atoms. The molecule has 1 fully saturated rings. The number of aliphatic imine (C=N–C) groups is 1. The van der Waals surface area contributed by atoms with Crippen molar-refractivity contribution in [2.75, 3.05) is 24.6 Å². The van der Waals surface area contributed by atoms with Gasteiger partial charge in [-0.15, -0.1) is 0 Å². The number of nitrogens with one attached hydrogen (secondary N) is 3. The number of anilines is 2. The van der Waals surface area contributed by atoms with Crippen LogP contribution in [0.25, 0.3) is 0 Å². The van der Waals surface area contributed by atoms with Crippen molar-refractivity contribution in [3.05, 3.63) is 46.7 Å². The minimum Gasteiger partial charge on any atom is -0.382 e. The number of hydrogen-bond donors (Lipinski definition) is 5. The fourth-order valence-corrected chi connectivity index (χ4v) is 3.23. The summed E-state index contributed by atoms with van der Waals surface area (Å²) in [7, 11) is 0. The summed E-state index contributed by atoms with van der Waals surface area (Å²) < 4.78 is 0. The first-order chi connectivity index (χ1) is 14.9. The molecular formula is C20H25ClN8O2. The van der Waals surface area contributed by atoms with E-state index in [4.69, 9.17) is 23.1 Å². The summed E-state index contributed by atoms with van der Waals surface area (Å²) in [5.74, 6) is -0.467. The van der Waals surface area contributed by atoms with Gasteiger partial charge in [0.15, 0.2) is 28.4 Å². The second-order valence-electron chi connectivity index (χ2n) is 7.13. The number of unbranched alkanes of at least 4 members (excludes halogenated alkanes) is 1. The van der Waals surface area contributed by atoms with E-state index in [0.29, 0.717) is 25.5 Å². The molecule has 3 rings (SSSR count). The zero-order chi connectivity index (χ0) is 22.2. The molecule has 1 saturated heterocycles. The maximum Gasteiger partial charge on any atom is 0.302 e. The summed E-state index contributed by atoms with van der Waals surface area (Å²) in [5, 5.41) is 9.03. The standard InChI is InChI=1S/C20H25ClN8O2/c21-16-18(23)28-17(22)15(27-16)19(31)29-20-25-11-13(26-20)8-4-5-9-24-14(30)10-12-6-2-1-3-7-12/h1-3,6-7,13H,4-5,8-11H2,(H,24,30)(H4,22,23,28)(H2,25,26,29,31)/t13-/m0/s1. The molecule has 11 heteroatoms. The van der Waals surface area contributed by atoms with Crippen LogP contribution in [0.4, 0.5) is 11.6 Å². The molecule has 0 radical (unpaired) electrons. The topological polar surface area (TPSA) is 160 Å². The highest BCUT2D eigenvalue weighted by Gasteiger charge is 2.21. The van der Waals surface area contributed by atoms with Crippen LogP contribution in [0.15, 0.2) is 35.3 Å². The minimum atomic E-state index is -0.663. The molecule has 0 saturated carbocycles. The van der Waals surface area contributed by atoms with Crippen molar-refractivity contribution in [3.63, 3.8) is 0 Å². The fraction of sp³-hybridized carbons (Fsp3) is 0.350. The lowest BCUT2D eigenvalue weighted by Crippen LogP contribution is -2.30. The zero-order valence-electron chi connectivity index (χ0n) is 16.9.